The van der Waals surface area contributed by atoms with Gasteiger partial charge in [-0.25, -0.2) is 0 Å². The Hall–Kier alpha value is -2.56. The van der Waals surface area contributed by atoms with Gasteiger partial charge in [0.05, 0.1) is 6.54 Å². The van der Waals surface area contributed by atoms with Crippen molar-refractivity contribution in [2.45, 2.75) is 43.6 Å². The van der Waals surface area contributed by atoms with E-state index in [1.54, 1.807) is 0 Å². The first kappa shape index (κ1) is 21.7. The third-order valence-corrected chi connectivity index (χ3v) is 12.0. The van der Waals surface area contributed by atoms with Gasteiger partial charge >= 0.3 is 0 Å². The summed E-state index contributed by atoms with van der Waals surface area (Å²) in [5, 5.41) is 5.12. The monoisotopic (exact) mass is 429 g/mol. The highest BCUT2D eigenvalue weighted by Gasteiger charge is 2.57. The van der Waals surface area contributed by atoms with E-state index in [0.29, 0.717) is 12.5 Å². The van der Waals surface area contributed by atoms with E-state index in [-0.39, 0.29) is 10.5 Å². The van der Waals surface area contributed by atoms with Gasteiger partial charge < -0.3 is 4.80 Å². The van der Waals surface area contributed by atoms with Gasteiger partial charge in [-0.15, -0.1) is 0 Å². The normalized spacial score (nSPS) is 20.9. The van der Waals surface area contributed by atoms with Crippen molar-refractivity contribution in [1.29, 1.82) is 0 Å². The van der Waals surface area contributed by atoms with Crippen molar-refractivity contribution in [2.75, 3.05) is 6.54 Å². The molecule has 3 aromatic rings. The van der Waals surface area contributed by atoms with Gasteiger partial charge in [-0.2, -0.15) is 4.91 Å². The van der Waals surface area contributed by atoms with Crippen LogP contribution >= 0.6 is 0 Å². The average molecular weight is 430 g/mol. The van der Waals surface area contributed by atoms with Crippen LogP contribution in [0.5, 0.6) is 0 Å². The maximum Gasteiger partial charge on any atom is 0.258 e. The van der Waals surface area contributed by atoms with Crippen LogP contribution in [-0.4, -0.2) is 19.7 Å². The molecule has 4 rings (SSSR count). The topological polar surface area (TPSA) is 49.7 Å². The van der Waals surface area contributed by atoms with Gasteiger partial charge in [-0.3, -0.25) is 0 Å². The number of benzene rings is 3. The van der Waals surface area contributed by atoms with E-state index >= 15 is 0 Å². The lowest BCUT2D eigenvalue weighted by atomic mass is 9.91. The fourth-order valence-corrected chi connectivity index (χ4v) is 9.06. The first-order valence-corrected chi connectivity index (χ1v) is 13.1. The second-order valence-corrected chi connectivity index (χ2v) is 13.5. The van der Waals surface area contributed by atoms with Crippen LogP contribution in [0.2, 0.25) is 5.04 Å². The summed E-state index contributed by atoms with van der Waals surface area (Å²) >= 11 is 0. The van der Waals surface area contributed by atoms with E-state index < -0.39 is 8.32 Å². The van der Waals surface area contributed by atoms with Gasteiger partial charge in [0.15, 0.2) is 0 Å². The molecule has 0 amide bonds. The summed E-state index contributed by atoms with van der Waals surface area (Å²) < 4.78 is 0. The minimum absolute atomic E-state index is 0.127. The lowest BCUT2D eigenvalue weighted by molar-refractivity contribution is 0.436. The van der Waals surface area contributed by atoms with Crippen LogP contribution in [0.4, 0.5) is 0 Å². The van der Waals surface area contributed by atoms with Crippen LogP contribution < -0.4 is 10.4 Å². The van der Waals surface area contributed by atoms with Crippen LogP contribution in [0.15, 0.2) is 96.2 Å². The molecule has 0 spiro atoms. The molecule has 0 saturated heterocycles. The van der Waals surface area contributed by atoms with Crippen molar-refractivity contribution in [2.24, 2.45) is 11.1 Å². The van der Waals surface area contributed by atoms with Gasteiger partial charge in [0.25, 0.3) is 8.32 Å². The fraction of sp³-hybridized carbons (Fsp3) is 0.333. The molecule has 31 heavy (non-hydrogen) atoms. The smallest absolute Gasteiger partial charge is 0.258 e. The number of hydrogen-bond donors (Lipinski definition) is 1. The van der Waals surface area contributed by atoms with Gasteiger partial charge in [-0.1, -0.05) is 110 Å². The van der Waals surface area contributed by atoms with Gasteiger partial charge in [0, 0.05) is 5.41 Å². The van der Waals surface area contributed by atoms with Gasteiger partial charge in [0.2, 0.25) is 0 Å². The minimum atomic E-state index is -3.00. The summed E-state index contributed by atoms with van der Waals surface area (Å²) in [4.78, 5) is 23.6. The first-order valence-electron chi connectivity index (χ1n) is 11.1. The molecule has 1 aliphatic rings. The van der Waals surface area contributed by atoms with E-state index in [0.717, 1.165) is 29.6 Å². The molecule has 0 aliphatic heterocycles. The highest BCUT2D eigenvalue weighted by atomic mass is 28.4. The second-order valence-electron chi connectivity index (χ2n) is 9.58. The van der Waals surface area contributed by atoms with Gasteiger partial charge in [-0.05, 0) is 46.2 Å². The van der Waals surface area contributed by atoms with E-state index in [1.807, 2.05) is 54.6 Å². The third kappa shape index (κ3) is 3.90. The van der Waals surface area contributed by atoms with E-state index in [2.05, 4.69) is 55.4 Å². The molecule has 0 aromatic heterocycles. The van der Waals surface area contributed by atoms with Crippen LogP contribution in [-0.2, 0) is 5.41 Å². The lowest BCUT2D eigenvalue weighted by Gasteiger charge is -2.41. The standard InChI is InChI=1S/C27H31NO2Si/c1-26(2,19-18-23-20-27(23,21-28-29)22-12-6-3-7-13-22)31(30,24-14-8-4-9-15-24)25-16-10-5-11-17-25/h3-17,23,30H,18-21H2,1-2H3/t23-,27-/m1/s1. The summed E-state index contributed by atoms with van der Waals surface area (Å²) in [6.45, 7) is 4.76. The molecule has 2 atom stereocenters. The Bertz CT molecular complexity index is 968. The van der Waals surface area contributed by atoms with Gasteiger partial charge in [0.1, 0.15) is 0 Å². The average Bonchev–Trinajstić information content (AvgIpc) is 3.53. The fourth-order valence-electron chi connectivity index (χ4n) is 5.31. The maximum absolute atomic E-state index is 12.3. The second kappa shape index (κ2) is 8.52. The predicted octanol–water partition coefficient (Wildman–Crippen LogP) is 5.02. The Morgan fingerprint density at radius 2 is 1.39 bits per heavy atom. The zero-order valence-electron chi connectivity index (χ0n) is 18.4. The van der Waals surface area contributed by atoms with Crippen LogP contribution in [0.3, 0.4) is 0 Å². The molecular weight excluding hydrogens is 398 g/mol. The molecule has 0 bridgehead atoms. The molecule has 1 aliphatic carbocycles. The highest BCUT2D eigenvalue weighted by molar-refractivity contribution is 6.98. The predicted molar refractivity (Wildman–Crippen MR) is 130 cm³/mol. The van der Waals surface area contributed by atoms with Crippen molar-refractivity contribution in [1.82, 2.24) is 0 Å². The summed E-state index contributed by atoms with van der Waals surface area (Å²) in [5.41, 5.74) is 1.09. The maximum atomic E-state index is 12.3. The number of nitroso groups, excluding NO2 is 1. The molecule has 1 fully saturated rings. The minimum Gasteiger partial charge on any atom is -0.424 e. The van der Waals surface area contributed by atoms with Crippen LogP contribution in [0.1, 0.15) is 38.7 Å². The van der Waals surface area contributed by atoms with Crippen LogP contribution in [0, 0.1) is 10.8 Å². The van der Waals surface area contributed by atoms with E-state index in [1.165, 1.54) is 5.56 Å². The Kier molecular flexibility index (Phi) is 5.95. The summed E-state index contributed by atoms with van der Waals surface area (Å²) in [5.74, 6) is 0.427. The molecule has 0 radical (unpaired) electrons. The number of hydrogen-bond acceptors (Lipinski definition) is 3. The van der Waals surface area contributed by atoms with E-state index in [4.69, 9.17) is 0 Å². The van der Waals surface area contributed by atoms with Crippen molar-refractivity contribution < 1.29 is 4.80 Å². The number of nitrogens with zero attached hydrogens (tertiary/aromatic N) is 1. The zero-order valence-corrected chi connectivity index (χ0v) is 19.4. The van der Waals surface area contributed by atoms with Crippen molar-refractivity contribution in [3.05, 3.63) is 101 Å². The summed E-state index contributed by atoms with van der Waals surface area (Å²) in [7, 11) is -3.00. The summed E-state index contributed by atoms with van der Waals surface area (Å²) in [6, 6.07) is 30.7. The Labute approximate surface area is 186 Å². The molecule has 3 aromatic carbocycles. The molecule has 0 heterocycles. The van der Waals surface area contributed by atoms with Crippen molar-refractivity contribution in [3.8, 4) is 0 Å². The first-order chi connectivity index (χ1) is 14.9. The van der Waals surface area contributed by atoms with Crippen molar-refractivity contribution >= 4 is 18.7 Å². The Morgan fingerprint density at radius 3 is 1.87 bits per heavy atom. The SMILES string of the molecule is CC(C)(CC[C@@H]1C[C@@]1(CN=O)c1ccccc1)[Si](O)(c1ccccc1)c1ccccc1. The van der Waals surface area contributed by atoms with Crippen molar-refractivity contribution in [3.63, 3.8) is 0 Å². The summed E-state index contributed by atoms with van der Waals surface area (Å²) in [6.07, 6.45) is 2.87. The Morgan fingerprint density at radius 1 is 0.903 bits per heavy atom. The molecule has 160 valence electrons. The molecule has 3 nitrogen and oxygen atoms in total. The van der Waals surface area contributed by atoms with Crippen LogP contribution in [0.25, 0.3) is 0 Å². The molecule has 1 saturated carbocycles. The number of rotatable bonds is 9. The molecule has 1 N–H and O–H groups in total. The zero-order chi connectivity index (χ0) is 22.0. The highest BCUT2D eigenvalue weighted by Crippen LogP contribution is 2.58. The molecule has 0 unspecified atom stereocenters. The quantitative estimate of drug-likeness (QED) is 0.383. The van der Waals surface area contributed by atoms with E-state index in [9.17, 15) is 9.70 Å². The Balaban J connectivity index is 1.60. The third-order valence-electron chi connectivity index (χ3n) is 7.41. The lowest BCUT2D eigenvalue weighted by Crippen LogP contribution is -2.65. The molecular formula is C27H31NO2Si. The molecule has 4 heteroatoms. The largest absolute Gasteiger partial charge is 0.424 e.